The van der Waals surface area contributed by atoms with E-state index in [-0.39, 0.29) is 6.04 Å². The summed E-state index contributed by atoms with van der Waals surface area (Å²) in [5.41, 5.74) is 0. The molecule has 0 aliphatic rings. The van der Waals surface area contributed by atoms with E-state index in [0.29, 0.717) is 0 Å². The van der Waals surface area contributed by atoms with Gasteiger partial charge in [0, 0.05) is 42.4 Å². The molecule has 0 amide bonds. The maximum absolute atomic E-state index is 4.47. The Labute approximate surface area is 122 Å². The van der Waals surface area contributed by atoms with Gasteiger partial charge in [0.25, 0.3) is 0 Å². The van der Waals surface area contributed by atoms with Crippen LogP contribution in [-0.4, -0.2) is 27.6 Å². The van der Waals surface area contributed by atoms with Crippen molar-refractivity contribution in [1.82, 2.24) is 14.9 Å². The minimum atomic E-state index is 0.185. The topological polar surface area (TPSA) is 29.9 Å². The molecular formula is C14H19N3S2. The zero-order valence-corrected chi connectivity index (χ0v) is 12.7. The Morgan fingerprint density at radius 1 is 1.63 bits per heavy atom. The van der Waals surface area contributed by atoms with Crippen LogP contribution in [0.3, 0.4) is 0 Å². The number of thioether (sulfide) groups is 1. The second-order valence-electron chi connectivity index (χ2n) is 4.16. The molecule has 1 unspecified atom stereocenters. The van der Waals surface area contributed by atoms with Crippen molar-refractivity contribution < 1.29 is 0 Å². The average Bonchev–Trinajstić information content (AvgIpc) is 3.06. The minimum absolute atomic E-state index is 0.185. The largest absolute Gasteiger partial charge is 0.336 e. The first-order valence-electron chi connectivity index (χ1n) is 6.25. The molecule has 0 spiro atoms. The Kier molecular flexibility index (Phi) is 5.69. The van der Waals surface area contributed by atoms with Gasteiger partial charge < -0.3 is 9.88 Å². The lowest BCUT2D eigenvalue weighted by Crippen LogP contribution is -2.26. The maximum atomic E-state index is 4.47. The number of aromatic nitrogens is 2. The highest BCUT2D eigenvalue weighted by Crippen LogP contribution is 2.24. The van der Waals surface area contributed by atoms with E-state index in [1.54, 1.807) is 11.3 Å². The van der Waals surface area contributed by atoms with Crippen molar-refractivity contribution in [2.45, 2.75) is 6.04 Å². The number of imidazole rings is 1. The molecular weight excluding hydrogens is 274 g/mol. The summed E-state index contributed by atoms with van der Waals surface area (Å²) < 4.78 is 2.08. The van der Waals surface area contributed by atoms with Gasteiger partial charge in [-0.15, -0.1) is 17.9 Å². The van der Waals surface area contributed by atoms with Crippen LogP contribution < -0.4 is 5.32 Å². The summed E-state index contributed by atoms with van der Waals surface area (Å²) in [5.74, 6) is 3.16. The van der Waals surface area contributed by atoms with Gasteiger partial charge >= 0.3 is 0 Å². The maximum Gasteiger partial charge on any atom is 0.131 e. The van der Waals surface area contributed by atoms with Gasteiger partial charge in [-0.05, 0) is 11.4 Å². The average molecular weight is 293 g/mol. The van der Waals surface area contributed by atoms with Crippen LogP contribution in [0.1, 0.15) is 16.7 Å². The zero-order valence-electron chi connectivity index (χ0n) is 11.1. The van der Waals surface area contributed by atoms with E-state index in [1.807, 2.05) is 37.3 Å². The van der Waals surface area contributed by atoms with Crippen LogP contribution in [0.5, 0.6) is 0 Å². The van der Waals surface area contributed by atoms with Crippen molar-refractivity contribution >= 4 is 23.1 Å². The Bertz CT molecular complexity index is 491. The molecule has 2 aromatic rings. The predicted molar refractivity (Wildman–Crippen MR) is 84.9 cm³/mol. The predicted octanol–water partition coefficient (Wildman–Crippen LogP) is 3.08. The van der Waals surface area contributed by atoms with Crippen molar-refractivity contribution in [1.29, 1.82) is 0 Å². The summed E-state index contributed by atoms with van der Waals surface area (Å²) in [6, 6.07) is 4.43. The third-order valence-electron chi connectivity index (χ3n) is 2.77. The Morgan fingerprint density at radius 3 is 3.16 bits per heavy atom. The lowest BCUT2D eigenvalue weighted by molar-refractivity contribution is 0.587. The first-order valence-corrected chi connectivity index (χ1v) is 8.29. The molecule has 5 heteroatoms. The molecule has 0 bridgehead atoms. The highest BCUT2D eigenvalue weighted by Gasteiger charge is 2.18. The standard InChI is InChI=1S/C14H19N3S2/c1-3-9-18-11-7-15-13(12-5-4-10-19-12)14-16-6-8-17(14)2/h3-6,8,10,13,15H,1,7,9,11H2,2H3. The zero-order chi connectivity index (χ0) is 13.5. The van der Waals surface area contributed by atoms with Crippen molar-refractivity contribution in [2.75, 3.05) is 18.1 Å². The fourth-order valence-electron chi connectivity index (χ4n) is 1.87. The van der Waals surface area contributed by atoms with Crippen LogP contribution in [0.25, 0.3) is 0 Å². The number of aryl methyl sites for hydroxylation is 1. The molecule has 0 fully saturated rings. The molecule has 2 aromatic heterocycles. The van der Waals surface area contributed by atoms with Crippen molar-refractivity contribution in [3.8, 4) is 0 Å². The van der Waals surface area contributed by atoms with Crippen LogP contribution in [0.4, 0.5) is 0 Å². The van der Waals surface area contributed by atoms with E-state index in [1.165, 1.54) is 4.88 Å². The van der Waals surface area contributed by atoms with Gasteiger partial charge in [0.05, 0.1) is 0 Å². The molecule has 1 N–H and O–H groups in total. The number of nitrogens with one attached hydrogen (secondary N) is 1. The highest BCUT2D eigenvalue weighted by molar-refractivity contribution is 7.99. The molecule has 3 nitrogen and oxygen atoms in total. The van der Waals surface area contributed by atoms with E-state index in [2.05, 4.69) is 39.0 Å². The first kappa shape index (κ1) is 14.4. The summed E-state index contributed by atoms with van der Waals surface area (Å²) in [6.07, 6.45) is 5.79. The van der Waals surface area contributed by atoms with Crippen molar-refractivity contribution in [3.05, 3.63) is 53.3 Å². The van der Waals surface area contributed by atoms with Crippen LogP contribution in [0.2, 0.25) is 0 Å². The summed E-state index contributed by atoms with van der Waals surface area (Å²) in [5, 5.41) is 5.71. The number of hydrogen-bond acceptors (Lipinski definition) is 4. The van der Waals surface area contributed by atoms with E-state index in [0.717, 1.165) is 23.9 Å². The molecule has 2 rings (SSSR count). The van der Waals surface area contributed by atoms with Gasteiger partial charge in [0.15, 0.2) is 0 Å². The first-order chi connectivity index (χ1) is 9.33. The normalized spacial score (nSPS) is 12.5. The van der Waals surface area contributed by atoms with Crippen molar-refractivity contribution in [2.24, 2.45) is 7.05 Å². The molecule has 0 aliphatic heterocycles. The smallest absolute Gasteiger partial charge is 0.131 e. The van der Waals surface area contributed by atoms with E-state index >= 15 is 0 Å². The minimum Gasteiger partial charge on any atom is -0.336 e. The summed E-state index contributed by atoms with van der Waals surface area (Å²) in [7, 11) is 2.04. The van der Waals surface area contributed by atoms with E-state index in [9.17, 15) is 0 Å². The molecule has 0 aromatic carbocycles. The molecule has 0 saturated heterocycles. The number of nitrogens with zero attached hydrogens (tertiary/aromatic N) is 2. The van der Waals surface area contributed by atoms with Crippen molar-refractivity contribution in [3.63, 3.8) is 0 Å². The van der Waals surface area contributed by atoms with Gasteiger partial charge in [0.2, 0.25) is 0 Å². The number of rotatable bonds is 8. The van der Waals surface area contributed by atoms with Gasteiger partial charge in [-0.3, -0.25) is 0 Å². The van der Waals surface area contributed by atoms with Crippen LogP contribution in [-0.2, 0) is 7.05 Å². The third-order valence-corrected chi connectivity index (χ3v) is 4.68. The fraction of sp³-hybridized carbons (Fsp3) is 0.357. The van der Waals surface area contributed by atoms with Crippen LogP contribution in [0.15, 0.2) is 42.6 Å². The quantitative estimate of drug-likeness (QED) is 0.599. The molecule has 0 radical (unpaired) electrons. The summed E-state index contributed by atoms with van der Waals surface area (Å²) in [6.45, 7) is 4.70. The summed E-state index contributed by atoms with van der Waals surface area (Å²) >= 11 is 3.66. The number of hydrogen-bond donors (Lipinski definition) is 1. The van der Waals surface area contributed by atoms with Gasteiger partial charge in [-0.25, -0.2) is 4.98 Å². The second kappa shape index (κ2) is 7.53. The van der Waals surface area contributed by atoms with Crippen LogP contribution >= 0.6 is 23.1 Å². The Balaban J connectivity index is 2.00. The second-order valence-corrected chi connectivity index (χ2v) is 6.29. The van der Waals surface area contributed by atoms with Gasteiger partial charge in [0.1, 0.15) is 11.9 Å². The van der Waals surface area contributed by atoms with E-state index in [4.69, 9.17) is 0 Å². The van der Waals surface area contributed by atoms with Crippen LogP contribution in [0, 0.1) is 0 Å². The highest BCUT2D eigenvalue weighted by atomic mass is 32.2. The lowest BCUT2D eigenvalue weighted by Gasteiger charge is -2.17. The molecule has 0 aliphatic carbocycles. The molecule has 19 heavy (non-hydrogen) atoms. The monoisotopic (exact) mass is 293 g/mol. The Hall–Kier alpha value is -1.04. The molecule has 102 valence electrons. The molecule has 2 heterocycles. The SMILES string of the molecule is C=CCSCCNC(c1cccs1)c1nccn1C. The fourth-order valence-corrected chi connectivity index (χ4v) is 3.26. The van der Waals surface area contributed by atoms with Gasteiger partial charge in [-0.1, -0.05) is 12.1 Å². The van der Waals surface area contributed by atoms with E-state index < -0.39 is 0 Å². The van der Waals surface area contributed by atoms with Gasteiger partial charge in [-0.2, -0.15) is 11.8 Å². The Morgan fingerprint density at radius 2 is 2.53 bits per heavy atom. The summed E-state index contributed by atoms with van der Waals surface area (Å²) in [4.78, 5) is 5.78. The third kappa shape index (κ3) is 3.96. The molecule has 1 atom stereocenters. The number of thiophene rings is 1. The lowest BCUT2D eigenvalue weighted by atomic mass is 10.2. The molecule has 0 saturated carbocycles.